The van der Waals surface area contributed by atoms with Crippen LogP contribution >= 0.6 is 11.6 Å². The van der Waals surface area contributed by atoms with Crippen molar-refractivity contribution in [1.82, 2.24) is 15.1 Å². The summed E-state index contributed by atoms with van der Waals surface area (Å²) in [5.41, 5.74) is 1.64. The first-order valence-electron chi connectivity index (χ1n) is 7.73. The summed E-state index contributed by atoms with van der Waals surface area (Å²) in [6.07, 6.45) is 5.56. The van der Waals surface area contributed by atoms with Crippen molar-refractivity contribution in [3.05, 3.63) is 16.9 Å². The van der Waals surface area contributed by atoms with Gasteiger partial charge in [0.2, 0.25) is 0 Å². The Morgan fingerprint density at radius 2 is 2.20 bits per heavy atom. The largest absolute Gasteiger partial charge is 0.319 e. The van der Waals surface area contributed by atoms with E-state index in [1.807, 2.05) is 13.2 Å². The van der Waals surface area contributed by atoms with Crippen LogP contribution in [0.3, 0.4) is 0 Å². The SMILES string of the molecule is CNCC1CCC(C)(C)CC1c1c(Cl)cnn1C(C)C. The molecule has 0 bridgehead atoms. The topological polar surface area (TPSA) is 29.9 Å². The molecule has 2 rings (SSSR count). The van der Waals surface area contributed by atoms with E-state index in [2.05, 4.69) is 42.8 Å². The highest BCUT2D eigenvalue weighted by molar-refractivity contribution is 6.31. The van der Waals surface area contributed by atoms with Crippen LogP contribution < -0.4 is 5.32 Å². The molecule has 0 radical (unpaired) electrons. The van der Waals surface area contributed by atoms with Crippen molar-refractivity contribution < 1.29 is 0 Å². The van der Waals surface area contributed by atoms with Crippen LogP contribution in [0, 0.1) is 11.3 Å². The molecular formula is C16H28ClN3. The Balaban J connectivity index is 2.37. The fourth-order valence-electron chi connectivity index (χ4n) is 3.58. The molecule has 1 N–H and O–H groups in total. The predicted molar refractivity (Wildman–Crippen MR) is 85.4 cm³/mol. The lowest BCUT2D eigenvalue weighted by Gasteiger charge is -2.41. The molecule has 2 atom stereocenters. The van der Waals surface area contributed by atoms with Gasteiger partial charge in [-0.05, 0) is 58.0 Å². The van der Waals surface area contributed by atoms with Crippen LogP contribution in [0.1, 0.15) is 64.6 Å². The Labute approximate surface area is 128 Å². The molecule has 1 fully saturated rings. The summed E-state index contributed by atoms with van der Waals surface area (Å²) in [7, 11) is 2.04. The van der Waals surface area contributed by atoms with E-state index in [0.29, 0.717) is 23.3 Å². The summed E-state index contributed by atoms with van der Waals surface area (Å²) in [6.45, 7) is 10.2. The molecule has 0 saturated heterocycles. The number of nitrogens with one attached hydrogen (secondary N) is 1. The molecule has 1 aromatic heterocycles. The van der Waals surface area contributed by atoms with Gasteiger partial charge in [-0.15, -0.1) is 0 Å². The molecule has 0 aliphatic heterocycles. The minimum absolute atomic E-state index is 0.359. The molecule has 4 heteroatoms. The average Bonchev–Trinajstić information content (AvgIpc) is 2.73. The second kappa shape index (κ2) is 6.07. The molecule has 0 amide bonds. The third-order valence-electron chi connectivity index (χ3n) is 4.63. The van der Waals surface area contributed by atoms with Crippen LogP contribution in [0.4, 0.5) is 0 Å². The van der Waals surface area contributed by atoms with Crippen LogP contribution in [0.2, 0.25) is 5.02 Å². The molecule has 1 aromatic rings. The Morgan fingerprint density at radius 3 is 2.80 bits per heavy atom. The molecule has 1 saturated carbocycles. The Kier molecular flexibility index (Phi) is 4.80. The summed E-state index contributed by atoms with van der Waals surface area (Å²) in [5, 5.41) is 8.68. The van der Waals surface area contributed by atoms with Crippen molar-refractivity contribution in [1.29, 1.82) is 0 Å². The van der Waals surface area contributed by atoms with Gasteiger partial charge in [-0.3, -0.25) is 4.68 Å². The van der Waals surface area contributed by atoms with Gasteiger partial charge in [-0.25, -0.2) is 0 Å². The molecule has 0 spiro atoms. The molecule has 1 aliphatic rings. The normalized spacial score (nSPS) is 26.1. The first-order valence-corrected chi connectivity index (χ1v) is 8.11. The van der Waals surface area contributed by atoms with Gasteiger partial charge < -0.3 is 5.32 Å². The van der Waals surface area contributed by atoms with Crippen LogP contribution in [-0.2, 0) is 0 Å². The highest BCUT2D eigenvalue weighted by Gasteiger charge is 2.38. The maximum Gasteiger partial charge on any atom is 0.0820 e. The number of halogens is 1. The maximum absolute atomic E-state index is 6.48. The van der Waals surface area contributed by atoms with E-state index in [4.69, 9.17) is 11.6 Å². The Hall–Kier alpha value is -0.540. The molecule has 1 heterocycles. The van der Waals surface area contributed by atoms with E-state index in [0.717, 1.165) is 11.6 Å². The van der Waals surface area contributed by atoms with E-state index in [9.17, 15) is 0 Å². The van der Waals surface area contributed by atoms with Crippen LogP contribution in [0.5, 0.6) is 0 Å². The van der Waals surface area contributed by atoms with Gasteiger partial charge >= 0.3 is 0 Å². The van der Waals surface area contributed by atoms with Crippen molar-refractivity contribution in [2.24, 2.45) is 11.3 Å². The summed E-state index contributed by atoms with van der Waals surface area (Å²) in [5.74, 6) is 1.16. The lowest BCUT2D eigenvalue weighted by atomic mass is 9.66. The second-order valence-electron chi connectivity index (χ2n) is 7.25. The van der Waals surface area contributed by atoms with Crippen molar-refractivity contribution >= 4 is 11.6 Å². The second-order valence-corrected chi connectivity index (χ2v) is 7.65. The van der Waals surface area contributed by atoms with Gasteiger partial charge in [-0.1, -0.05) is 25.4 Å². The first-order chi connectivity index (χ1) is 9.35. The van der Waals surface area contributed by atoms with Gasteiger partial charge in [-0.2, -0.15) is 5.10 Å². The molecule has 3 nitrogen and oxygen atoms in total. The molecule has 2 unspecified atom stereocenters. The summed E-state index contributed by atoms with van der Waals surface area (Å²) < 4.78 is 2.12. The van der Waals surface area contributed by atoms with Crippen LogP contribution in [0.15, 0.2) is 6.20 Å². The quantitative estimate of drug-likeness (QED) is 0.900. The number of rotatable bonds is 4. The summed E-state index contributed by atoms with van der Waals surface area (Å²) in [4.78, 5) is 0. The number of aromatic nitrogens is 2. The fraction of sp³-hybridized carbons (Fsp3) is 0.812. The van der Waals surface area contributed by atoms with Crippen molar-refractivity contribution in [2.75, 3.05) is 13.6 Å². The van der Waals surface area contributed by atoms with E-state index in [1.165, 1.54) is 25.0 Å². The van der Waals surface area contributed by atoms with E-state index in [1.54, 1.807) is 0 Å². The first kappa shape index (κ1) is 15.8. The Bertz CT molecular complexity index is 451. The predicted octanol–water partition coefficient (Wildman–Crippen LogP) is 4.25. The van der Waals surface area contributed by atoms with E-state index >= 15 is 0 Å². The van der Waals surface area contributed by atoms with Crippen molar-refractivity contribution in [3.8, 4) is 0 Å². The van der Waals surface area contributed by atoms with Crippen LogP contribution in [-0.4, -0.2) is 23.4 Å². The van der Waals surface area contributed by atoms with Crippen LogP contribution in [0.25, 0.3) is 0 Å². The van der Waals surface area contributed by atoms with E-state index < -0.39 is 0 Å². The van der Waals surface area contributed by atoms with Gasteiger partial charge in [0, 0.05) is 12.0 Å². The zero-order valence-electron chi connectivity index (χ0n) is 13.4. The molecular weight excluding hydrogens is 270 g/mol. The molecule has 1 aliphatic carbocycles. The molecule has 114 valence electrons. The summed E-state index contributed by atoms with van der Waals surface area (Å²) >= 11 is 6.48. The number of nitrogens with zero attached hydrogens (tertiary/aromatic N) is 2. The highest BCUT2D eigenvalue weighted by Crippen LogP contribution is 2.48. The third kappa shape index (κ3) is 3.20. The highest BCUT2D eigenvalue weighted by atomic mass is 35.5. The standard InChI is InChI=1S/C16H28ClN3/c1-11(2)20-15(14(17)10-19-20)13-8-16(3,4)7-6-12(13)9-18-5/h10-13,18H,6-9H2,1-5H3. The van der Waals surface area contributed by atoms with Crippen molar-refractivity contribution in [3.63, 3.8) is 0 Å². The fourth-order valence-corrected chi connectivity index (χ4v) is 3.85. The zero-order chi connectivity index (χ0) is 14.9. The summed E-state index contributed by atoms with van der Waals surface area (Å²) in [6, 6.07) is 0.359. The maximum atomic E-state index is 6.48. The molecule has 20 heavy (non-hydrogen) atoms. The monoisotopic (exact) mass is 297 g/mol. The van der Waals surface area contributed by atoms with E-state index in [-0.39, 0.29) is 0 Å². The number of hydrogen-bond acceptors (Lipinski definition) is 2. The minimum Gasteiger partial charge on any atom is -0.319 e. The lowest BCUT2D eigenvalue weighted by molar-refractivity contribution is 0.155. The van der Waals surface area contributed by atoms with Gasteiger partial charge in [0.1, 0.15) is 0 Å². The Morgan fingerprint density at radius 1 is 1.50 bits per heavy atom. The van der Waals surface area contributed by atoms with Gasteiger partial charge in [0.25, 0.3) is 0 Å². The van der Waals surface area contributed by atoms with Crippen molar-refractivity contribution in [2.45, 2.75) is 58.9 Å². The molecule has 0 aromatic carbocycles. The smallest absolute Gasteiger partial charge is 0.0820 e. The zero-order valence-corrected chi connectivity index (χ0v) is 14.2. The number of hydrogen-bond donors (Lipinski definition) is 1. The average molecular weight is 298 g/mol. The minimum atomic E-state index is 0.359. The third-order valence-corrected chi connectivity index (χ3v) is 4.92. The van der Waals surface area contributed by atoms with Gasteiger partial charge in [0.15, 0.2) is 0 Å². The van der Waals surface area contributed by atoms with Gasteiger partial charge in [0.05, 0.1) is 16.9 Å². The lowest BCUT2D eigenvalue weighted by Crippen LogP contribution is -2.35.